The van der Waals surface area contributed by atoms with Crippen molar-refractivity contribution in [1.82, 2.24) is 4.90 Å². The standard InChI is InChI=1S/C24H18ClN3O3S/c1-16(18-8-4-2-5-9-18)27-23(29)22(32-24(27)26-19-10-6-3-7-11-19)15-17-12-13-20(25)21(14-17)28(30)31/h2-16H,1H3/b22-15+,26-24?/t16-/m0/s1. The van der Waals surface area contributed by atoms with Crippen molar-refractivity contribution < 1.29 is 9.72 Å². The maximum atomic E-state index is 13.4. The Labute approximate surface area is 194 Å². The first-order valence-corrected chi connectivity index (χ1v) is 11.0. The minimum Gasteiger partial charge on any atom is -0.279 e. The number of hydrogen-bond donors (Lipinski definition) is 0. The molecule has 1 fully saturated rings. The molecule has 0 spiro atoms. The lowest BCUT2D eigenvalue weighted by molar-refractivity contribution is -0.384. The van der Waals surface area contributed by atoms with E-state index in [1.807, 2.05) is 67.6 Å². The number of nitrogens with zero attached hydrogens (tertiary/aromatic N) is 3. The van der Waals surface area contributed by atoms with Crippen molar-refractivity contribution in [2.24, 2.45) is 4.99 Å². The molecule has 0 radical (unpaired) electrons. The Hall–Kier alpha value is -3.42. The number of nitro groups is 1. The van der Waals surface area contributed by atoms with Gasteiger partial charge in [-0.05, 0) is 54.1 Å². The summed E-state index contributed by atoms with van der Waals surface area (Å²) in [5.41, 5.74) is 2.02. The molecule has 1 amide bonds. The fourth-order valence-corrected chi connectivity index (χ4v) is 4.56. The molecule has 1 aliphatic rings. The van der Waals surface area contributed by atoms with Crippen molar-refractivity contribution in [3.8, 4) is 0 Å². The van der Waals surface area contributed by atoms with Crippen molar-refractivity contribution in [1.29, 1.82) is 0 Å². The Morgan fingerprint density at radius 2 is 1.72 bits per heavy atom. The van der Waals surface area contributed by atoms with Crippen LogP contribution in [0.1, 0.15) is 24.1 Å². The molecule has 1 aliphatic heterocycles. The van der Waals surface area contributed by atoms with Crippen molar-refractivity contribution in [3.63, 3.8) is 0 Å². The number of carbonyl (C=O) groups is 1. The summed E-state index contributed by atoms with van der Waals surface area (Å²) in [5.74, 6) is -0.210. The number of thioether (sulfide) groups is 1. The smallest absolute Gasteiger partial charge is 0.279 e. The third-order valence-corrected chi connectivity index (χ3v) is 6.25. The second-order valence-corrected chi connectivity index (χ2v) is 8.49. The Bertz CT molecular complexity index is 1230. The molecule has 6 nitrogen and oxygen atoms in total. The van der Waals surface area contributed by atoms with Crippen LogP contribution in [0.15, 0.2) is 88.8 Å². The number of nitro benzene ring substituents is 1. The number of carbonyl (C=O) groups excluding carboxylic acids is 1. The zero-order chi connectivity index (χ0) is 22.7. The van der Waals surface area contributed by atoms with Gasteiger partial charge in [-0.25, -0.2) is 4.99 Å². The molecule has 0 unspecified atom stereocenters. The fourth-order valence-electron chi connectivity index (χ4n) is 3.31. The maximum absolute atomic E-state index is 13.4. The number of para-hydroxylation sites is 1. The van der Waals surface area contributed by atoms with Crippen molar-refractivity contribution in [3.05, 3.63) is 110 Å². The molecule has 1 heterocycles. The number of amides is 1. The monoisotopic (exact) mass is 463 g/mol. The summed E-state index contributed by atoms with van der Waals surface area (Å²) in [5, 5.41) is 11.8. The molecule has 0 aromatic heterocycles. The van der Waals surface area contributed by atoms with E-state index in [0.717, 1.165) is 11.3 Å². The first-order chi connectivity index (χ1) is 15.4. The van der Waals surface area contributed by atoms with Crippen molar-refractivity contribution >= 4 is 51.9 Å². The predicted octanol–water partition coefficient (Wildman–Crippen LogP) is 6.61. The Balaban J connectivity index is 1.75. The Kier molecular flexibility index (Phi) is 6.39. The van der Waals surface area contributed by atoms with Gasteiger partial charge in [0.25, 0.3) is 11.6 Å². The lowest BCUT2D eigenvalue weighted by atomic mass is 10.1. The number of halogens is 1. The van der Waals surface area contributed by atoms with E-state index in [2.05, 4.69) is 0 Å². The van der Waals surface area contributed by atoms with E-state index in [0.29, 0.717) is 15.6 Å². The van der Waals surface area contributed by atoms with Gasteiger partial charge in [0, 0.05) is 6.07 Å². The van der Waals surface area contributed by atoms with Crippen LogP contribution in [0, 0.1) is 10.1 Å². The molecule has 3 aromatic rings. The van der Waals surface area contributed by atoms with Crippen LogP contribution in [-0.4, -0.2) is 20.9 Å². The van der Waals surface area contributed by atoms with Gasteiger partial charge in [0.2, 0.25) is 0 Å². The molecule has 160 valence electrons. The van der Waals surface area contributed by atoms with Gasteiger partial charge < -0.3 is 0 Å². The summed E-state index contributed by atoms with van der Waals surface area (Å²) in [7, 11) is 0. The second-order valence-electron chi connectivity index (χ2n) is 7.07. The SMILES string of the molecule is C[C@@H](c1ccccc1)N1C(=O)/C(=C\c2ccc(Cl)c([N+](=O)[O-])c2)SC1=Nc1ccccc1. The highest BCUT2D eigenvalue weighted by molar-refractivity contribution is 8.18. The summed E-state index contributed by atoms with van der Waals surface area (Å²) in [6.45, 7) is 1.95. The largest absolute Gasteiger partial charge is 0.288 e. The molecule has 1 saturated heterocycles. The van der Waals surface area contributed by atoms with Crippen LogP contribution >= 0.6 is 23.4 Å². The van der Waals surface area contributed by atoms with Crippen LogP contribution in [0.3, 0.4) is 0 Å². The fraction of sp³-hybridized carbons (Fsp3) is 0.0833. The lowest BCUT2D eigenvalue weighted by Crippen LogP contribution is -2.32. The second kappa shape index (κ2) is 9.38. The van der Waals surface area contributed by atoms with Gasteiger partial charge in [0.15, 0.2) is 5.17 Å². The predicted molar refractivity (Wildman–Crippen MR) is 129 cm³/mol. The minimum absolute atomic E-state index is 0.0493. The van der Waals surface area contributed by atoms with E-state index in [4.69, 9.17) is 16.6 Å². The van der Waals surface area contributed by atoms with Gasteiger partial charge in [-0.15, -0.1) is 0 Å². The molecule has 0 bridgehead atoms. The molecular weight excluding hydrogens is 446 g/mol. The highest BCUT2D eigenvalue weighted by Gasteiger charge is 2.37. The molecular formula is C24H18ClN3O3S. The number of amidine groups is 1. The number of aliphatic imine (C=N–C) groups is 1. The number of rotatable bonds is 5. The molecule has 1 atom stereocenters. The minimum atomic E-state index is -0.542. The molecule has 3 aromatic carbocycles. The zero-order valence-corrected chi connectivity index (χ0v) is 18.6. The van der Waals surface area contributed by atoms with Crippen LogP contribution in [0.4, 0.5) is 11.4 Å². The molecule has 0 saturated carbocycles. The van der Waals surface area contributed by atoms with Crippen LogP contribution in [0.2, 0.25) is 5.02 Å². The average molecular weight is 464 g/mol. The summed E-state index contributed by atoms with van der Waals surface area (Å²) < 4.78 is 0. The Morgan fingerprint density at radius 3 is 2.38 bits per heavy atom. The summed E-state index contributed by atoms with van der Waals surface area (Å²) in [6.07, 6.45) is 1.63. The van der Waals surface area contributed by atoms with Crippen LogP contribution in [-0.2, 0) is 4.79 Å². The van der Waals surface area contributed by atoms with E-state index in [1.54, 1.807) is 17.0 Å². The maximum Gasteiger partial charge on any atom is 0.288 e. The van der Waals surface area contributed by atoms with E-state index in [9.17, 15) is 14.9 Å². The van der Waals surface area contributed by atoms with Gasteiger partial charge in [0.1, 0.15) is 5.02 Å². The summed E-state index contributed by atoms with van der Waals surface area (Å²) >= 11 is 7.16. The summed E-state index contributed by atoms with van der Waals surface area (Å²) in [6, 6.07) is 23.3. The molecule has 8 heteroatoms. The first-order valence-electron chi connectivity index (χ1n) is 9.80. The van der Waals surface area contributed by atoms with Gasteiger partial charge in [-0.2, -0.15) is 0 Å². The van der Waals surface area contributed by atoms with Crippen LogP contribution in [0.25, 0.3) is 6.08 Å². The average Bonchev–Trinajstić information content (AvgIpc) is 3.10. The molecule has 0 aliphatic carbocycles. The quantitative estimate of drug-likeness (QED) is 0.242. The number of hydrogen-bond acceptors (Lipinski definition) is 5. The normalized spacial score (nSPS) is 17.2. The van der Waals surface area contributed by atoms with Crippen molar-refractivity contribution in [2.75, 3.05) is 0 Å². The number of benzene rings is 3. The molecule has 32 heavy (non-hydrogen) atoms. The van der Waals surface area contributed by atoms with Gasteiger partial charge in [-0.3, -0.25) is 19.8 Å². The third kappa shape index (κ3) is 4.59. The van der Waals surface area contributed by atoms with E-state index in [-0.39, 0.29) is 22.7 Å². The highest BCUT2D eigenvalue weighted by atomic mass is 35.5. The van der Waals surface area contributed by atoms with Gasteiger partial charge >= 0.3 is 0 Å². The topological polar surface area (TPSA) is 75.8 Å². The van der Waals surface area contributed by atoms with Gasteiger partial charge in [0.05, 0.1) is 21.6 Å². The van der Waals surface area contributed by atoms with E-state index in [1.165, 1.54) is 23.9 Å². The Morgan fingerprint density at radius 1 is 1.06 bits per heavy atom. The van der Waals surface area contributed by atoms with Crippen LogP contribution < -0.4 is 0 Å². The van der Waals surface area contributed by atoms with E-state index < -0.39 is 4.92 Å². The zero-order valence-electron chi connectivity index (χ0n) is 17.0. The van der Waals surface area contributed by atoms with E-state index >= 15 is 0 Å². The molecule has 4 rings (SSSR count). The highest BCUT2D eigenvalue weighted by Crippen LogP contribution is 2.39. The van der Waals surface area contributed by atoms with Crippen LogP contribution in [0.5, 0.6) is 0 Å². The molecule has 0 N–H and O–H groups in total. The van der Waals surface area contributed by atoms with Gasteiger partial charge in [-0.1, -0.05) is 66.2 Å². The van der Waals surface area contributed by atoms with Crippen molar-refractivity contribution in [2.45, 2.75) is 13.0 Å². The first kappa shape index (κ1) is 21.8. The lowest BCUT2D eigenvalue weighted by Gasteiger charge is -2.24. The summed E-state index contributed by atoms with van der Waals surface area (Å²) in [4.78, 5) is 30.9. The third-order valence-electron chi connectivity index (χ3n) is 4.95.